The summed E-state index contributed by atoms with van der Waals surface area (Å²) in [5.74, 6) is -0.0480. The van der Waals surface area contributed by atoms with E-state index in [-0.39, 0.29) is 5.91 Å². The molecular weight excluding hydrogens is 244 g/mol. The van der Waals surface area contributed by atoms with Crippen molar-refractivity contribution in [1.82, 2.24) is 20.1 Å². The molecular formula is C13H22N4O2. The molecule has 1 aliphatic rings. The first kappa shape index (κ1) is 14.0. The van der Waals surface area contributed by atoms with Crippen molar-refractivity contribution < 1.29 is 9.90 Å². The van der Waals surface area contributed by atoms with Crippen LogP contribution in [0.15, 0.2) is 12.7 Å². The molecule has 2 rings (SSSR count). The highest BCUT2D eigenvalue weighted by atomic mass is 16.3. The standard InChI is InChI=1S/C13H22N4O2/c18-12(5-8-17-11-14-10-16-17)15-9-13(19)6-3-1-2-4-7-13/h10-11,19H,1-9H2,(H,15,18). The van der Waals surface area contributed by atoms with Crippen molar-refractivity contribution in [2.45, 2.75) is 57.1 Å². The zero-order valence-electron chi connectivity index (χ0n) is 11.2. The zero-order chi connectivity index (χ0) is 13.6. The second kappa shape index (κ2) is 6.65. The van der Waals surface area contributed by atoms with E-state index < -0.39 is 5.60 Å². The van der Waals surface area contributed by atoms with Gasteiger partial charge in [0.15, 0.2) is 0 Å². The number of aliphatic hydroxyl groups is 1. The Labute approximate surface area is 113 Å². The Kier molecular flexibility index (Phi) is 4.90. The fourth-order valence-electron chi connectivity index (χ4n) is 2.48. The zero-order valence-corrected chi connectivity index (χ0v) is 11.2. The third kappa shape index (κ3) is 4.63. The molecule has 0 unspecified atom stereocenters. The lowest BCUT2D eigenvalue weighted by Gasteiger charge is -2.26. The first-order valence-corrected chi connectivity index (χ1v) is 6.99. The number of amides is 1. The molecule has 6 heteroatoms. The van der Waals surface area contributed by atoms with Crippen LogP contribution in [0.1, 0.15) is 44.9 Å². The Morgan fingerprint density at radius 2 is 2.05 bits per heavy atom. The van der Waals surface area contributed by atoms with Crippen molar-refractivity contribution in [3.8, 4) is 0 Å². The largest absolute Gasteiger partial charge is 0.388 e. The van der Waals surface area contributed by atoms with Gasteiger partial charge in [-0.2, -0.15) is 5.10 Å². The van der Waals surface area contributed by atoms with Crippen molar-refractivity contribution in [1.29, 1.82) is 0 Å². The second-order valence-electron chi connectivity index (χ2n) is 5.32. The SMILES string of the molecule is O=C(CCn1cncn1)NCC1(O)CCCCCC1. The molecule has 2 N–H and O–H groups in total. The van der Waals surface area contributed by atoms with Crippen LogP contribution in [0.25, 0.3) is 0 Å². The van der Waals surface area contributed by atoms with E-state index in [0.717, 1.165) is 25.7 Å². The molecule has 0 aromatic carbocycles. The average molecular weight is 266 g/mol. The summed E-state index contributed by atoms with van der Waals surface area (Å²) in [5.41, 5.74) is -0.709. The summed E-state index contributed by atoms with van der Waals surface area (Å²) in [6, 6.07) is 0. The number of hydrogen-bond donors (Lipinski definition) is 2. The molecule has 0 bridgehead atoms. The van der Waals surface area contributed by atoms with Gasteiger partial charge in [-0.15, -0.1) is 0 Å². The summed E-state index contributed by atoms with van der Waals surface area (Å²) in [7, 11) is 0. The lowest BCUT2D eigenvalue weighted by Crippen LogP contribution is -2.42. The Hall–Kier alpha value is -1.43. The highest BCUT2D eigenvalue weighted by Gasteiger charge is 2.28. The van der Waals surface area contributed by atoms with Crippen molar-refractivity contribution in [3.63, 3.8) is 0 Å². The molecule has 0 radical (unpaired) electrons. The molecule has 1 fully saturated rings. The number of hydrogen-bond acceptors (Lipinski definition) is 4. The number of aryl methyl sites for hydroxylation is 1. The number of aromatic nitrogens is 3. The molecule has 0 saturated heterocycles. The fourth-order valence-corrected chi connectivity index (χ4v) is 2.48. The first-order chi connectivity index (χ1) is 9.18. The van der Waals surface area contributed by atoms with E-state index in [1.165, 1.54) is 19.2 Å². The van der Waals surface area contributed by atoms with Crippen molar-refractivity contribution in [3.05, 3.63) is 12.7 Å². The second-order valence-corrected chi connectivity index (χ2v) is 5.32. The van der Waals surface area contributed by atoms with Crippen LogP contribution in [-0.4, -0.2) is 37.9 Å². The Balaban J connectivity index is 1.70. The Morgan fingerprint density at radius 1 is 1.32 bits per heavy atom. The summed E-state index contributed by atoms with van der Waals surface area (Å²) >= 11 is 0. The van der Waals surface area contributed by atoms with Crippen LogP contribution >= 0.6 is 0 Å². The highest BCUT2D eigenvalue weighted by molar-refractivity contribution is 5.75. The highest BCUT2D eigenvalue weighted by Crippen LogP contribution is 2.26. The lowest BCUT2D eigenvalue weighted by molar-refractivity contribution is -0.122. The number of nitrogens with one attached hydrogen (secondary N) is 1. The first-order valence-electron chi connectivity index (χ1n) is 6.99. The number of carbonyl (C=O) groups is 1. The van der Waals surface area contributed by atoms with E-state index in [4.69, 9.17) is 0 Å². The molecule has 0 atom stereocenters. The molecule has 1 aliphatic carbocycles. The molecule has 106 valence electrons. The van der Waals surface area contributed by atoms with Crippen molar-refractivity contribution in [2.24, 2.45) is 0 Å². The van der Waals surface area contributed by atoms with Crippen LogP contribution < -0.4 is 5.32 Å². The van der Waals surface area contributed by atoms with Crippen LogP contribution in [-0.2, 0) is 11.3 Å². The summed E-state index contributed by atoms with van der Waals surface area (Å²) in [6.07, 6.45) is 9.44. The maximum Gasteiger partial charge on any atom is 0.221 e. The van der Waals surface area contributed by atoms with Crippen molar-refractivity contribution in [2.75, 3.05) is 6.54 Å². The topological polar surface area (TPSA) is 80.0 Å². The third-order valence-corrected chi connectivity index (χ3v) is 3.68. The molecule has 1 aromatic rings. The van der Waals surface area contributed by atoms with Gasteiger partial charge in [-0.25, -0.2) is 4.98 Å². The normalized spacial score (nSPS) is 18.8. The summed E-state index contributed by atoms with van der Waals surface area (Å²) in [4.78, 5) is 15.5. The number of nitrogens with zero attached hydrogens (tertiary/aromatic N) is 3. The van der Waals surface area contributed by atoms with Gasteiger partial charge in [0.05, 0.1) is 12.1 Å². The van der Waals surface area contributed by atoms with Gasteiger partial charge in [0.25, 0.3) is 0 Å². The minimum absolute atomic E-state index is 0.0480. The van der Waals surface area contributed by atoms with Gasteiger partial charge < -0.3 is 10.4 Å². The van der Waals surface area contributed by atoms with Gasteiger partial charge in [-0.1, -0.05) is 25.7 Å². The molecule has 6 nitrogen and oxygen atoms in total. The van der Waals surface area contributed by atoms with Crippen LogP contribution in [0.3, 0.4) is 0 Å². The average Bonchev–Trinajstić information content (AvgIpc) is 2.83. The van der Waals surface area contributed by atoms with Crippen molar-refractivity contribution >= 4 is 5.91 Å². The fraction of sp³-hybridized carbons (Fsp3) is 0.769. The summed E-state index contributed by atoms with van der Waals surface area (Å²) < 4.78 is 1.62. The van der Waals surface area contributed by atoms with Gasteiger partial charge in [0, 0.05) is 13.0 Å². The van der Waals surface area contributed by atoms with Crippen LogP contribution in [0.5, 0.6) is 0 Å². The Morgan fingerprint density at radius 3 is 2.68 bits per heavy atom. The van der Waals surface area contributed by atoms with Gasteiger partial charge in [0.2, 0.25) is 5.91 Å². The molecule has 1 amide bonds. The van der Waals surface area contributed by atoms with Gasteiger partial charge in [-0.05, 0) is 12.8 Å². The predicted octanol–water partition coefficient (Wildman–Crippen LogP) is 0.870. The van der Waals surface area contributed by atoms with Crippen LogP contribution in [0.2, 0.25) is 0 Å². The molecule has 0 aliphatic heterocycles. The minimum Gasteiger partial charge on any atom is -0.388 e. The number of rotatable bonds is 5. The lowest BCUT2D eigenvalue weighted by atomic mass is 9.94. The summed E-state index contributed by atoms with van der Waals surface area (Å²) in [5, 5.41) is 17.2. The van der Waals surface area contributed by atoms with E-state index in [1.54, 1.807) is 11.0 Å². The molecule has 1 heterocycles. The van der Waals surface area contributed by atoms with Gasteiger partial charge in [0.1, 0.15) is 12.7 Å². The monoisotopic (exact) mass is 266 g/mol. The van der Waals surface area contributed by atoms with E-state index in [9.17, 15) is 9.90 Å². The molecule has 1 saturated carbocycles. The third-order valence-electron chi connectivity index (χ3n) is 3.68. The van der Waals surface area contributed by atoms with E-state index >= 15 is 0 Å². The predicted molar refractivity (Wildman–Crippen MR) is 70.3 cm³/mol. The molecule has 0 spiro atoms. The number of carbonyl (C=O) groups excluding carboxylic acids is 1. The quantitative estimate of drug-likeness (QED) is 0.775. The van der Waals surface area contributed by atoms with E-state index in [2.05, 4.69) is 15.4 Å². The Bertz CT molecular complexity index is 383. The van der Waals surface area contributed by atoms with Gasteiger partial charge in [-0.3, -0.25) is 9.48 Å². The van der Waals surface area contributed by atoms with Crippen LogP contribution in [0.4, 0.5) is 0 Å². The summed E-state index contributed by atoms with van der Waals surface area (Å²) in [6.45, 7) is 0.882. The minimum atomic E-state index is -0.709. The molecule has 19 heavy (non-hydrogen) atoms. The van der Waals surface area contributed by atoms with E-state index in [1.807, 2.05) is 0 Å². The maximum absolute atomic E-state index is 11.7. The molecule has 1 aromatic heterocycles. The van der Waals surface area contributed by atoms with Gasteiger partial charge >= 0.3 is 0 Å². The van der Waals surface area contributed by atoms with Crippen LogP contribution in [0, 0.1) is 0 Å². The smallest absolute Gasteiger partial charge is 0.221 e. The van der Waals surface area contributed by atoms with E-state index in [0.29, 0.717) is 19.5 Å². The maximum atomic E-state index is 11.7.